The summed E-state index contributed by atoms with van der Waals surface area (Å²) in [4.78, 5) is 8.49. The summed E-state index contributed by atoms with van der Waals surface area (Å²) in [5.74, 6) is 0. The molecule has 1 aliphatic heterocycles. The summed E-state index contributed by atoms with van der Waals surface area (Å²) in [6.45, 7) is 5.37. The van der Waals surface area contributed by atoms with Crippen molar-refractivity contribution in [2.45, 2.75) is 25.2 Å². The van der Waals surface area contributed by atoms with Crippen LogP contribution in [0.4, 0.5) is 5.69 Å². The number of aryl methyl sites for hydroxylation is 1. The van der Waals surface area contributed by atoms with Crippen LogP contribution < -0.4 is 28.9 Å². The van der Waals surface area contributed by atoms with Gasteiger partial charge in [-0.15, -0.1) is 0 Å². The molecule has 2 aromatic carbocycles. The maximum absolute atomic E-state index is 4.79. The van der Waals surface area contributed by atoms with Crippen LogP contribution in [0.1, 0.15) is 18.9 Å². The van der Waals surface area contributed by atoms with Crippen LogP contribution in [0.25, 0.3) is 15.6 Å². The van der Waals surface area contributed by atoms with E-state index in [1.807, 2.05) is 11.8 Å². The van der Waals surface area contributed by atoms with E-state index in [1.165, 1.54) is 25.3 Å². The second-order valence-electron chi connectivity index (χ2n) is 6.20. The lowest BCUT2D eigenvalue weighted by molar-refractivity contribution is -0.00000524. The number of anilines is 1. The Morgan fingerprint density at radius 2 is 1.79 bits per heavy atom. The number of hydrogen-bond donors (Lipinski definition) is 0. The zero-order valence-corrected chi connectivity index (χ0v) is 19.8. The smallest absolute Gasteiger partial charge is 0.248 e. The Kier molecular flexibility index (Phi) is 7.37. The van der Waals surface area contributed by atoms with Gasteiger partial charge in [0.1, 0.15) is 10.9 Å². The maximum Gasteiger partial charge on any atom is 0.248 e. The van der Waals surface area contributed by atoms with E-state index < -0.39 is 0 Å². The number of allylic oxidation sites excluding steroid dienone is 4. The lowest BCUT2D eigenvalue weighted by Gasteiger charge is -2.17. The van der Waals surface area contributed by atoms with Crippen molar-refractivity contribution in [2.24, 2.45) is 0 Å². The first-order valence-corrected chi connectivity index (χ1v) is 11.4. The van der Waals surface area contributed by atoms with Crippen LogP contribution in [0.15, 0.2) is 82.8 Å². The molecule has 28 heavy (non-hydrogen) atoms. The van der Waals surface area contributed by atoms with Gasteiger partial charge >= 0.3 is 0 Å². The van der Waals surface area contributed by atoms with Crippen LogP contribution in [-0.4, -0.2) is 11.5 Å². The van der Waals surface area contributed by atoms with Crippen molar-refractivity contribution in [1.82, 2.24) is 4.98 Å². The average Bonchev–Trinajstić information content (AvgIpc) is 3.25. The van der Waals surface area contributed by atoms with E-state index in [0.717, 1.165) is 18.5 Å². The zero-order chi connectivity index (χ0) is 18.6. The Labute approximate surface area is 191 Å². The molecule has 0 N–H and O–H groups in total. The first-order valence-electron chi connectivity index (χ1n) is 9.31. The van der Waals surface area contributed by atoms with Gasteiger partial charge in [0.2, 0.25) is 9.71 Å². The molecule has 0 aliphatic carbocycles. The minimum atomic E-state index is -0.00470. The number of fused-ring (bicyclic) bond motifs is 2. The van der Waals surface area contributed by atoms with Gasteiger partial charge in [0.15, 0.2) is 0 Å². The van der Waals surface area contributed by atoms with Crippen molar-refractivity contribution in [3.8, 4) is 0 Å². The fourth-order valence-corrected chi connectivity index (χ4v) is 6.28. The van der Waals surface area contributed by atoms with Gasteiger partial charge in [-0.05, 0) is 37.3 Å². The van der Waals surface area contributed by atoms with E-state index in [-0.39, 0.29) is 34.4 Å². The van der Waals surface area contributed by atoms with Crippen molar-refractivity contribution in [3.05, 3.63) is 82.9 Å². The molecule has 0 saturated heterocycles. The maximum atomic E-state index is 4.79. The van der Waals surface area contributed by atoms with E-state index in [1.54, 1.807) is 0 Å². The minimum absolute atomic E-state index is 0. The van der Waals surface area contributed by atoms with Gasteiger partial charge in [0.25, 0.3) is 0 Å². The summed E-state index contributed by atoms with van der Waals surface area (Å²) < 4.78 is 1.34. The molecule has 0 saturated carbocycles. The number of aromatic nitrogens is 1. The molecule has 4 rings (SSSR count). The summed E-state index contributed by atoms with van der Waals surface area (Å²) in [7, 11) is -0.00470. The third kappa shape index (κ3) is 4.21. The fraction of sp³-hybridized carbons (Fsp3) is 0.174. The minimum Gasteiger partial charge on any atom is -1.00 e. The molecule has 5 heteroatoms. The molecule has 2 nitrogen and oxygen atoms in total. The molecule has 144 valence electrons. The first-order chi connectivity index (χ1) is 13.3. The van der Waals surface area contributed by atoms with Crippen LogP contribution in [0, 0.1) is 0 Å². The van der Waals surface area contributed by atoms with E-state index in [2.05, 4.69) is 97.0 Å². The molecule has 1 unspecified atom stereocenters. The van der Waals surface area contributed by atoms with Gasteiger partial charge in [-0.3, -0.25) is 0 Å². The molecule has 1 aromatic heterocycles. The summed E-state index contributed by atoms with van der Waals surface area (Å²) in [6, 6.07) is 17.1. The summed E-state index contributed by atoms with van der Waals surface area (Å²) in [5.41, 5.74) is 2.44. The monoisotopic (exact) mass is 518 g/mol. The standard InChI is InChI=1S/C23H23N2S2.HI/c1-3-22-24-18-12-7-10-15-21(18)27(22)17-11-5-6-16-23-25(4-2)19-13-8-9-14-20(19)26-23;/h5-17H,3-4H2,1-2H3;1H/q+1;/p-1. The predicted octanol–water partition coefficient (Wildman–Crippen LogP) is 4.05. The highest BCUT2D eigenvalue weighted by molar-refractivity contribution is 8.03. The summed E-state index contributed by atoms with van der Waals surface area (Å²) in [5, 5.41) is 4.85. The average molecular weight is 518 g/mol. The SMILES string of the molecule is CCc1nc2ccccc2[s+]1C=CC=CC=C1Sc2ccccc2N1CC.[I-]. The normalized spacial score (nSPS) is 15.7. The van der Waals surface area contributed by atoms with Gasteiger partial charge in [0, 0.05) is 34.4 Å². The zero-order valence-electron chi connectivity index (χ0n) is 16.0. The third-order valence-electron chi connectivity index (χ3n) is 4.53. The number of rotatable bonds is 5. The number of nitrogens with zero attached hydrogens (tertiary/aromatic N) is 2. The molecular formula is C23H23IN2S2. The Morgan fingerprint density at radius 1 is 1.00 bits per heavy atom. The van der Waals surface area contributed by atoms with E-state index >= 15 is 0 Å². The van der Waals surface area contributed by atoms with Crippen molar-refractivity contribution in [2.75, 3.05) is 11.4 Å². The molecule has 1 atom stereocenters. The summed E-state index contributed by atoms with van der Waals surface area (Å²) >= 11 is 1.84. The number of thioether (sulfide) groups is 1. The molecule has 0 radical (unpaired) electrons. The highest BCUT2D eigenvalue weighted by atomic mass is 127. The number of hydrogen-bond acceptors (Lipinski definition) is 3. The highest BCUT2D eigenvalue weighted by Crippen LogP contribution is 2.45. The lowest BCUT2D eigenvalue weighted by atomic mass is 10.3. The number of halogens is 1. The molecule has 0 bridgehead atoms. The number of para-hydroxylation sites is 2. The second-order valence-corrected chi connectivity index (χ2v) is 9.12. The van der Waals surface area contributed by atoms with Crippen molar-refractivity contribution >= 4 is 43.5 Å². The van der Waals surface area contributed by atoms with Gasteiger partial charge in [-0.2, -0.15) is 4.98 Å². The van der Waals surface area contributed by atoms with Crippen molar-refractivity contribution in [3.63, 3.8) is 0 Å². The Morgan fingerprint density at radius 3 is 2.61 bits per heavy atom. The van der Waals surface area contributed by atoms with Crippen LogP contribution >= 0.6 is 22.2 Å². The number of thiazole rings is 1. The van der Waals surface area contributed by atoms with Gasteiger partial charge < -0.3 is 28.9 Å². The largest absolute Gasteiger partial charge is 1.00 e. The Hall–Kier alpha value is -1.57. The third-order valence-corrected chi connectivity index (χ3v) is 7.80. The van der Waals surface area contributed by atoms with Gasteiger partial charge in [-0.1, -0.05) is 55.1 Å². The molecule has 3 aromatic rings. The Bertz CT molecular complexity index is 1050. The molecule has 0 fully saturated rings. The molecule has 1 aliphatic rings. The lowest BCUT2D eigenvalue weighted by Crippen LogP contribution is -3.00. The summed E-state index contributed by atoms with van der Waals surface area (Å²) in [6.07, 6.45) is 9.64. The Balaban J connectivity index is 0.00000225. The van der Waals surface area contributed by atoms with Crippen LogP contribution in [0.5, 0.6) is 0 Å². The second kappa shape index (κ2) is 9.76. The van der Waals surface area contributed by atoms with Crippen LogP contribution in [-0.2, 0) is 6.42 Å². The van der Waals surface area contributed by atoms with E-state index in [4.69, 9.17) is 4.98 Å². The van der Waals surface area contributed by atoms with Gasteiger partial charge in [-0.25, -0.2) is 0 Å². The van der Waals surface area contributed by atoms with Gasteiger partial charge in [0.05, 0.1) is 10.7 Å². The quantitative estimate of drug-likeness (QED) is 0.288. The van der Waals surface area contributed by atoms with E-state index in [9.17, 15) is 0 Å². The van der Waals surface area contributed by atoms with Crippen LogP contribution in [0.2, 0.25) is 0 Å². The molecule has 0 amide bonds. The van der Waals surface area contributed by atoms with Crippen LogP contribution in [0.3, 0.4) is 0 Å². The number of benzene rings is 2. The molecule has 0 spiro atoms. The topological polar surface area (TPSA) is 16.1 Å². The molecular weight excluding hydrogens is 495 g/mol. The van der Waals surface area contributed by atoms with E-state index in [0.29, 0.717) is 0 Å². The first kappa shape index (κ1) is 21.1. The van der Waals surface area contributed by atoms with Crippen molar-refractivity contribution in [1.29, 1.82) is 0 Å². The fourth-order valence-electron chi connectivity index (χ4n) is 3.26. The van der Waals surface area contributed by atoms with Crippen molar-refractivity contribution < 1.29 is 24.0 Å². The predicted molar refractivity (Wildman–Crippen MR) is 121 cm³/mol. The highest BCUT2D eigenvalue weighted by Gasteiger charge is 2.22. The molecule has 2 heterocycles.